The van der Waals surface area contributed by atoms with Crippen LogP contribution in [0.2, 0.25) is 0 Å². The molecule has 0 saturated heterocycles. The van der Waals surface area contributed by atoms with Crippen LogP contribution in [-0.4, -0.2) is 11.1 Å². The van der Waals surface area contributed by atoms with E-state index in [4.69, 9.17) is 9.52 Å². The Labute approximate surface area is 162 Å². The zero-order chi connectivity index (χ0) is 18.0. The van der Waals surface area contributed by atoms with Gasteiger partial charge in [0.25, 0.3) is 0 Å². The lowest BCUT2D eigenvalue weighted by Crippen LogP contribution is -2.03. The number of carboxylic acids is 1. The first-order valence-electron chi connectivity index (χ1n) is 7.56. The number of carbonyl (C=O) groups is 1. The Balaban J connectivity index is 1.76. The Kier molecular flexibility index (Phi) is 5.30. The standard InChI is InChI=1S/C19H15Br2NO3/c1-11-2-3-12(19(23)24)8-17(11)22-10-14-5-7-18(25-14)15-6-4-13(20)9-16(15)21/h2-9,22H,10H2,1H3,(H,23,24). The second-order valence-corrected chi connectivity index (χ2v) is 7.35. The van der Waals surface area contributed by atoms with Crippen molar-refractivity contribution in [3.63, 3.8) is 0 Å². The molecule has 3 aromatic rings. The number of aryl methyl sites for hydroxylation is 1. The van der Waals surface area contributed by atoms with Gasteiger partial charge in [0.2, 0.25) is 0 Å². The van der Waals surface area contributed by atoms with Crippen LogP contribution >= 0.6 is 31.9 Å². The molecule has 1 heterocycles. The molecular formula is C19H15Br2NO3. The van der Waals surface area contributed by atoms with E-state index in [1.807, 2.05) is 37.3 Å². The summed E-state index contributed by atoms with van der Waals surface area (Å²) < 4.78 is 7.84. The fourth-order valence-corrected chi connectivity index (χ4v) is 3.68. The molecule has 6 heteroatoms. The molecule has 0 spiro atoms. The average Bonchev–Trinajstić information content (AvgIpc) is 3.02. The summed E-state index contributed by atoms with van der Waals surface area (Å²) in [6.45, 7) is 2.40. The average molecular weight is 465 g/mol. The first-order chi connectivity index (χ1) is 11.9. The van der Waals surface area contributed by atoms with E-state index in [-0.39, 0.29) is 5.56 Å². The van der Waals surface area contributed by atoms with E-state index in [2.05, 4.69) is 37.2 Å². The van der Waals surface area contributed by atoms with Crippen LogP contribution in [0.3, 0.4) is 0 Å². The lowest BCUT2D eigenvalue weighted by atomic mass is 10.1. The maximum absolute atomic E-state index is 11.1. The molecule has 0 unspecified atom stereocenters. The van der Waals surface area contributed by atoms with Crippen LogP contribution in [0.5, 0.6) is 0 Å². The highest BCUT2D eigenvalue weighted by Crippen LogP contribution is 2.32. The molecule has 2 N–H and O–H groups in total. The molecule has 0 fully saturated rings. The molecule has 0 bridgehead atoms. The van der Waals surface area contributed by atoms with Gasteiger partial charge in [-0.1, -0.05) is 22.0 Å². The number of anilines is 1. The summed E-state index contributed by atoms with van der Waals surface area (Å²) in [5.74, 6) is 0.598. The summed E-state index contributed by atoms with van der Waals surface area (Å²) in [6, 6.07) is 14.8. The SMILES string of the molecule is Cc1ccc(C(=O)O)cc1NCc1ccc(-c2ccc(Br)cc2Br)o1. The predicted octanol–water partition coefficient (Wildman–Crippen LogP) is 6.09. The minimum atomic E-state index is -0.941. The number of benzene rings is 2. The van der Waals surface area contributed by atoms with Gasteiger partial charge in [-0.05, 0) is 70.9 Å². The molecule has 128 valence electrons. The van der Waals surface area contributed by atoms with Crippen molar-refractivity contribution >= 4 is 43.5 Å². The highest BCUT2D eigenvalue weighted by Gasteiger charge is 2.10. The lowest BCUT2D eigenvalue weighted by Gasteiger charge is -2.09. The van der Waals surface area contributed by atoms with Crippen molar-refractivity contribution in [3.05, 3.63) is 74.4 Å². The number of furan rings is 1. The van der Waals surface area contributed by atoms with Crippen molar-refractivity contribution in [1.29, 1.82) is 0 Å². The van der Waals surface area contributed by atoms with Gasteiger partial charge in [0, 0.05) is 20.2 Å². The molecule has 0 aliphatic carbocycles. The Morgan fingerprint density at radius 1 is 1.12 bits per heavy atom. The van der Waals surface area contributed by atoms with Crippen LogP contribution in [0.15, 0.2) is 61.9 Å². The molecule has 25 heavy (non-hydrogen) atoms. The Morgan fingerprint density at radius 3 is 2.64 bits per heavy atom. The number of aromatic carboxylic acids is 1. The Hall–Kier alpha value is -2.05. The fraction of sp³-hybridized carbons (Fsp3) is 0.105. The van der Waals surface area contributed by atoms with Gasteiger partial charge in [-0.15, -0.1) is 0 Å². The largest absolute Gasteiger partial charge is 0.478 e. The maximum atomic E-state index is 11.1. The topological polar surface area (TPSA) is 62.5 Å². The van der Waals surface area contributed by atoms with Crippen molar-refractivity contribution in [3.8, 4) is 11.3 Å². The van der Waals surface area contributed by atoms with Gasteiger partial charge < -0.3 is 14.8 Å². The van der Waals surface area contributed by atoms with E-state index >= 15 is 0 Å². The minimum Gasteiger partial charge on any atom is -0.478 e. The summed E-state index contributed by atoms with van der Waals surface area (Å²) in [6.07, 6.45) is 0. The van der Waals surface area contributed by atoms with Crippen molar-refractivity contribution in [2.24, 2.45) is 0 Å². The van der Waals surface area contributed by atoms with Gasteiger partial charge in [0.15, 0.2) is 0 Å². The van der Waals surface area contributed by atoms with E-state index in [9.17, 15) is 4.79 Å². The third-order valence-electron chi connectivity index (χ3n) is 3.80. The van der Waals surface area contributed by atoms with Crippen LogP contribution in [-0.2, 0) is 6.54 Å². The monoisotopic (exact) mass is 463 g/mol. The van der Waals surface area contributed by atoms with Gasteiger partial charge in [0.05, 0.1) is 12.1 Å². The predicted molar refractivity (Wildman–Crippen MR) is 105 cm³/mol. The van der Waals surface area contributed by atoms with Crippen molar-refractivity contribution < 1.29 is 14.3 Å². The molecule has 1 aromatic heterocycles. The van der Waals surface area contributed by atoms with E-state index in [0.29, 0.717) is 6.54 Å². The molecule has 0 aliphatic heterocycles. The quantitative estimate of drug-likeness (QED) is 0.479. The van der Waals surface area contributed by atoms with Crippen LogP contribution < -0.4 is 5.32 Å². The van der Waals surface area contributed by atoms with E-state index in [1.54, 1.807) is 18.2 Å². The zero-order valence-corrected chi connectivity index (χ0v) is 16.5. The van der Waals surface area contributed by atoms with E-state index < -0.39 is 5.97 Å². The number of carboxylic acid groups (broad SMARTS) is 1. The third kappa shape index (κ3) is 4.14. The van der Waals surface area contributed by atoms with Crippen LogP contribution in [0.1, 0.15) is 21.7 Å². The second-order valence-electron chi connectivity index (χ2n) is 5.58. The van der Waals surface area contributed by atoms with Crippen LogP contribution in [0, 0.1) is 6.92 Å². The molecular weight excluding hydrogens is 450 g/mol. The van der Waals surface area contributed by atoms with Crippen molar-refractivity contribution in [1.82, 2.24) is 0 Å². The van der Waals surface area contributed by atoms with Crippen LogP contribution in [0.4, 0.5) is 5.69 Å². The first-order valence-corrected chi connectivity index (χ1v) is 9.14. The van der Waals surface area contributed by atoms with E-state index in [0.717, 1.165) is 37.3 Å². The highest BCUT2D eigenvalue weighted by atomic mass is 79.9. The molecule has 0 radical (unpaired) electrons. The highest BCUT2D eigenvalue weighted by molar-refractivity contribution is 9.11. The number of nitrogens with one attached hydrogen (secondary N) is 1. The summed E-state index contributed by atoms with van der Waals surface area (Å²) in [7, 11) is 0. The second kappa shape index (κ2) is 7.45. The molecule has 4 nitrogen and oxygen atoms in total. The molecule has 0 aliphatic rings. The number of rotatable bonds is 5. The normalized spacial score (nSPS) is 10.7. The molecule has 0 atom stereocenters. The first kappa shape index (κ1) is 17.8. The van der Waals surface area contributed by atoms with Crippen LogP contribution in [0.25, 0.3) is 11.3 Å². The van der Waals surface area contributed by atoms with Crippen molar-refractivity contribution in [2.75, 3.05) is 5.32 Å². The summed E-state index contributed by atoms with van der Waals surface area (Å²) in [4.78, 5) is 11.1. The lowest BCUT2D eigenvalue weighted by molar-refractivity contribution is 0.0697. The van der Waals surface area contributed by atoms with Gasteiger partial charge in [-0.2, -0.15) is 0 Å². The number of hydrogen-bond donors (Lipinski definition) is 2. The molecule has 2 aromatic carbocycles. The molecule has 3 rings (SSSR count). The number of halogens is 2. The van der Waals surface area contributed by atoms with Gasteiger partial charge >= 0.3 is 5.97 Å². The van der Waals surface area contributed by atoms with Gasteiger partial charge in [0.1, 0.15) is 11.5 Å². The zero-order valence-electron chi connectivity index (χ0n) is 13.3. The molecule has 0 saturated carbocycles. The molecule has 0 amide bonds. The van der Waals surface area contributed by atoms with Gasteiger partial charge in [-0.3, -0.25) is 0 Å². The van der Waals surface area contributed by atoms with Gasteiger partial charge in [-0.25, -0.2) is 4.79 Å². The van der Waals surface area contributed by atoms with Crippen molar-refractivity contribution in [2.45, 2.75) is 13.5 Å². The number of hydrogen-bond acceptors (Lipinski definition) is 3. The summed E-state index contributed by atoms with van der Waals surface area (Å²) >= 11 is 6.97. The smallest absolute Gasteiger partial charge is 0.335 e. The summed E-state index contributed by atoms with van der Waals surface area (Å²) in [5, 5.41) is 12.3. The fourth-order valence-electron chi connectivity index (χ4n) is 2.43. The summed E-state index contributed by atoms with van der Waals surface area (Å²) in [5.41, 5.74) is 2.99. The Morgan fingerprint density at radius 2 is 1.92 bits per heavy atom. The maximum Gasteiger partial charge on any atom is 0.335 e. The third-order valence-corrected chi connectivity index (χ3v) is 4.95. The Bertz CT molecular complexity index is 934. The van der Waals surface area contributed by atoms with E-state index in [1.165, 1.54) is 0 Å². The minimum absolute atomic E-state index is 0.257.